The molecule has 0 spiro atoms. The minimum absolute atomic E-state index is 0.0827. The number of aromatic nitrogens is 1. The smallest absolute Gasteiger partial charge is 0.253 e. The number of carbonyl (C=O) groups is 1. The first-order valence-corrected chi connectivity index (χ1v) is 9.04. The number of hydrogen-bond acceptors (Lipinski definition) is 4. The summed E-state index contributed by atoms with van der Waals surface area (Å²) >= 11 is 0. The highest BCUT2D eigenvalue weighted by Gasteiger charge is 2.18. The largest absolute Gasteiger partial charge is 0.337 e. The van der Waals surface area contributed by atoms with E-state index >= 15 is 0 Å². The van der Waals surface area contributed by atoms with Gasteiger partial charge in [0.25, 0.3) is 5.91 Å². The van der Waals surface area contributed by atoms with Crippen molar-refractivity contribution in [1.82, 2.24) is 14.6 Å². The lowest BCUT2D eigenvalue weighted by Crippen LogP contribution is -2.31. The van der Waals surface area contributed by atoms with E-state index < -0.39 is 10.0 Å². The highest BCUT2D eigenvalue weighted by atomic mass is 32.2. The molecule has 0 bridgehead atoms. The normalized spacial score (nSPS) is 11.5. The van der Waals surface area contributed by atoms with Crippen LogP contribution in [0.4, 0.5) is 0 Å². The SMILES string of the molecule is CC(C)NS(=O)(=O)c1cccc(C(=O)N(C)Cc2ccncc2)c1. The molecule has 2 rings (SSSR count). The summed E-state index contributed by atoms with van der Waals surface area (Å²) in [5.41, 5.74) is 1.28. The van der Waals surface area contributed by atoms with Crippen molar-refractivity contribution in [3.63, 3.8) is 0 Å². The third-order valence-corrected chi connectivity index (χ3v) is 4.95. The Balaban J connectivity index is 2.20. The maximum absolute atomic E-state index is 12.5. The molecule has 1 N–H and O–H groups in total. The van der Waals surface area contributed by atoms with E-state index in [-0.39, 0.29) is 16.8 Å². The molecular weight excluding hydrogens is 326 g/mol. The molecule has 0 aliphatic rings. The van der Waals surface area contributed by atoms with E-state index in [1.807, 2.05) is 12.1 Å². The summed E-state index contributed by atoms with van der Waals surface area (Å²) in [5.74, 6) is -0.242. The van der Waals surface area contributed by atoms with Crippen LogP contribution < -0.4 is 4.72 Å². The zero-order valence-electron chi connectivity index (χ0n) is 13.9. The fourth-order valence-electron chi connectivity index (χ4n) is 2.23. The maximum atomic E-state index is 12.5. The minimum Gasteiger partial charge on any atom is -0.337 e. The van der Waals surface area contributed by atoms with Gasteiger partial charge in [-0.2, -0.15) is 0 Å². The van der Waals surface area contributed by atoms with E-state index in [2.05, 4.69) is 9.71 Å². The molecule has 0 aliphatic heterocycles. The molecule has 1 aromatic carbocycles. The number of amides is 1. The zero-order valence-corrected chi connectivity index (χ0v) is 14.7. The van der Waals surface area contributed by atoms with Crippen LogP contribution in [0, 0.1) is 0 Å². The number of sulfonamides is 1. The third kappa shape index (κ3) is 4.62. The van der Waals surface area contributed by atoms with Crippen molar-refractivity contribution in [2.45, 2.75) is 31.3 Å². The van der Waals surface area contributed by atoms with Crippen LogP contribution in [-0.4, -0.2) is 37.3 Å². The molecule has 1 amide bonds. The number of pyridine rings is 1. The number of carbonyl (C=O) groups excluding carboxylic acids is 1. The van der Waals surface area contributed by atoms with Gasteiger partial charge < -0.3 is 4.90 Å². The van der Waals surface area contributed by atoms with Crippen LogP contribution in [0.1, 0.15) is 29.8 Å². The standard InChI is InChI=1S/C17H21N3O3S/c1-13(2)19-24(22,23)16-6-4-5-15(11-16)17(21)20(3)12-14-7-9-18-10-8-14/h4-11,13,19H,12H2,1-3H3. The van der Waals surface area contributed by atoms with Gasteiger partial charge in [-0.1, -0.05) is 6.07 Å². The van der Waals surface area contributed by atoms with Gasteiger partial charge in [0.15, 0.2) is 0 Å². The predicted molar refractivity (Wildman–Crippen MR) is 91.9 cm³/mol. The molecule has 128 valence electrons. The van der Waals surface area contributed by atoms with E-state index in [1.54, 1.807) is 45.4 Å². The molecule has 0 radical (unpaired) electrons. The van der Waals surface area contributed by atoms with Crippen molar-refractivity contribution in [3.05, 3.63) is 59.9 Å². The molecule has 0 aliphatic carbocycles. The molecule has 0 unspecified atom stereocenters. The quantitative estimate of drug-likeness (QED) is 0.867. The Morgan fingerprint density at radius 3 is 2.50 bits per heavy atom. The van der Waals surface area contributed by atoms with Crippen LogP contribution in [0.5, 0.6) is 0 Å². The molecule has 1 heterocycles. The zero-order chi connectivity index (χ0) is 17.7. The fraction of sp³-hybridized carbons (Fsp3) is 0.294. The molecule has 7 heteroatoms. The predicted octanol–water partition coefficient (Wildman–Crippen LogP) is 2.04. The van der Waals surface area contributed by atoms with Gasteiger partial charge >= 0.3 is 0 Å². The highest BCUT2D eigenvalue weighted by Crippen LogP contribution is 2.14. The lowest BCUT2D eigenvalue weighted by molar-refractivity contribution is 0.0785. The average molecular weight is 347 g/mol. The Hall–Kier alpha value is -2.25. The Labute approximate surface area is 142 Å². The molecule has 24 heavy (non-hydrogen) atoms. The number of nitrogens with one attached hydrogen (secondary N) is 1. The summed E-state index contributed by atoms with van der Waals surface area (Å²) in [6, 6.07) is 9.50. The first-order chi connectivity index (χ1) is 11.3. The molecule has 0 saturated heterocycles. The topological polar surface area (TPSA) is 79.4 Å². The summed E-state index contributed by atoms with van der Waals surface area (Å²) in [6.07, 6.45) is 3.33. The molecule has 0 atom stereocenters. The van der Waals surface area contributed by atoms with Gasteiger partial charge in [0.05, 0.1) is 4.90 Å². The molecule has 6 nitrogen and oxygen atoms in total. The van der Waals surface area contributed by atoms with Gasteiger partial charge in [-0.25, -0.2) is 13.1 Å². The Kier molecular flexibility index (Phi) is 5.69. The Bertz CT molecular complexity index is 805. The lowest BCUT2D eigenvalue weighted by atomic mass is 10.2. The van der Waals surface area contributed by atoms with Crippen molar-refractivity contribution in [1.29, 1.82) is 0 Å². The van der Waals surface area contributed by atoms with E-state index in [4.69, 9.17) is 0 Å². The van der Waals surface area contributed by atoms with Gasteiger partial charge in [-0.05, 0) is 49.7 Å². The monoisotopic (exact) mass is 347 g/mol. The lowest BCUT2D eigenvalue weighted by Gasteiger charge is -2.18. The number of benzene rings is 1. The summed E-state index contributed by atoms with van der Waals surface area (Å²) in [6.45, 7) is 3.91. The summed E-state index contributed by atoms with van der Waals surface area (Å²) in [4.78, 5) is 18.1. The first kappa shape index (κ1) is 18.1. The Morgan fingerprint density at radius 2 is 1.88 bits per heavy atom. The van der Waals surface area contributed by atoms with Crippen molar-refractivity contribution in [3.8, 4) is 0 Å². The molecule has 0 fully saturated rings. The van der Waals surface area contributed by atoms with E-state index in [0.717, 1.165) is 5.56 Å². The second-order valence-electron chi connectivity index (χ2n) is 5.82. The van der Waals surface area contributed by atoms with Crippen LogP contribution in [0.2, 0.25) is 0 Å². The van der Waals surface area contributed by atoms with Crippen LogP contribution >= 0.6 is 0 Å². The van der Waals surface area contributed by atoms with Crippen LogP contribution in [0.15, 0.2) is 53.7 Å². The average Bonchev–Trinajstić information content (AvgIpc) is 2.54. The van der Waals surface area contributed by atoms with E-state index in [0.29, 0.717) is 12.1 Å². The summed E-state index contributed by atoms with van der Waals surface area (Å²) in [5, 5.41) is 0. The van der Waals surface area contributed by atoms with Gasteiger partial charge in [-0.3, -0.25) is 9.78 Å². The molecule has 0 saturated carbocycles. The minimum atomic E-state index is -3.63. The second-order valence-corrected chi connectivity index (χ2v) is 7.53. The first-order valence-electron chi connectivity index (χ1n) is 7.56. The Morgan fingerprint density at radius 1 is 1.21 bits per heavy atom. The molecule has 1 aromatic heterocycles. The van der Waals surface area contributed by atoms with Gasteiger partial charge in [-0.15, -0.1) is 0 Å². The van der Waals surface area contributed by atoms with E-state index in [1.165, 1.54) is 17.0 Å². The van der Waals surface area contributed by atoms with Crippen molar-refractivity contribution < 1.29 is 13.2 Å². The summed E-state index contributed by atoms with van der Waals surface area (Å²) < 4.78 is 27.0. The van der Waals surface area contributed by atoms with Crippen molar-refractivity contribution >= 4 is 15.9 Å². The number of nitrogens with zero attached hydrogens (tertiary/aromatic N) is 2. The third-order valence-electron chi connectivity index (χ3n) is 3.30. The maximum Gasteiger partial charge on any atom is 0.253 e. The van der Waals surface area contributed by atoms with Crippen LogP contribution in [0.3, 0.4) is 0 Å². The molecule has 2 aromatic rings. The number of hydrogen-bond donors (Lipinski definition) is 1. The van der Waals surface area contributed by atoms with Gasteiger partial charge in [0.1, 0.15) is 0 Å². The second kappa shape index (κ2) is 7.55. The van der Waals surface area contributed by atoms with Crippen molar-refractivity contribution in [2.24, 2.45) is 0 Å². The van der Waals surface area contributed by atoms with Crippen LogP contribution in [0.25, 0.3) is 0 Å². The molecular formula is C17H21N3O3S. The van der Waals surface area contributed by atoms with Crippen molar-refractivity contribution in [2.75, 3.05) is 7.05 Å². The van der Waals surface area contributed by atoms with Crippen LogP contribution in [-0.2, 0) is 16.6 Å². The fourth-order valence-corrected chi connectivity index (χ4v) is 3.53. The van der Waals surface area contributed by atoms with Gasteiger partial charge in [0, 0.05) is 37.6 Å². The van der Waals surface area contributed by atoms with E-state index in [9.17, 15) is 13.2 Å². The summed E-state index contributed by atoms with van der Waals surface area (Å²) in [7, 11) is -1.95. The highest BCUT2D eigenvalue weighted by molar-refractivity contribution is 7.89. The van der Waals surface area contributed by atoms with Gasteiger partial charge in [0.2, 0.25) is 10.0 Å². The number of rotatable bonds is 6.